The summed E-state index contributed by atoms with van der Waals surface area (Å²) in [5.74, 6) is 0.830. The van der Waals surface area contributed by atoms with Gasteiger partial charge in [-0.05, 0) is 24.6 Å². The van der Waals surface area contributed by atoms with Crippen LogP contribution in [0.4, 0.5) is 0 Å². The summed E-state index contributed by atoms with van der Waals surface area (Å²) < 4.78 is 10.6. The molecule has 0 bridgehead atoms. The van der Waals surface area contributed by atoms with E-state index >= 15 is 0 Å². The third-order valence-corrected chi connectivity index (χ3v) is 3.41. The molecule has 2 atom stereocenters. The van der Waals surface area contributed by atoms with Crippen LogP contribution in [0.25, 0.3) is 0 Å². The number of carbonyl (C=O) groups is 1. The van der Waals surface area contributed by atoms with E-state index in [0.717, 1.165) is 24.4 Å². The predicted molar refractivity (Wildman–Crippen MR) is 76.8 cm³/mol. The highest BCUT2D eigenvalue weighted by Gasteiger charge is 2.18. The van der Waals surface area contributed by atoms with Gasteiger partial charge in [0, 0.05) is 13.1 Å². The van der Waals surface area contributed by atoms with Crippen LogP contribution in [0, 0.1) is 0 Å². The molecule has 2 rings (SSSR count). The molecule has 0 aromatic heterocycles. The number of hydrogen-bond acceptors (Lipinski definition) is 4. The third kappa shape index (κ3) is 4.21. The molecule has 1 aromatic rings. The maximum Gasteiger partial charge on any atom is 0.223 e. The van der Waals surface area contributed by atoms with Gasteiger partial charge in [0.1, 0.15) is 5.75 Å². The Hall–Kier alpha value is -1.59. The van der Waals surface area contributed by atoms with E-state index < -0.39 is 0 Å². The number of carbonyl (C=O) groups excluding carboxylic acids is 1. The predicted octanol–water partition coefficient (Wildman–Crippen LogP) is 1.25. The summed E-state index contributed by atoms with van der Waals surface area (Å²) in [5.41, 5.74) is 1.06. The first-order valence-corrected chi connectivity index (χ1v) is 6.94. The number of nitrogens with one attached hydrogen (secondary N) is 2. The maximum atomic E-state index is 12.0. The number of benzene rings is 1. The van der Waals surface area contributed by atoms with Gasteiger partial charge in [0.25, 0.3) is 0 Å². The molecule has 2 N–H and O–H groups in total. The van der Waals surface area contributed by atoms with Crippen molar-refractivity contribution in [3.63, 3.8) is 0 Å². The second-order valence-electron chi connectivity index (χ2n) is 4.96. The van der Waals surface area contributed by atoms with Gasteiger partial charge in [0.05, 0.1) is 32.3 Å². The molecular formula is C15H22N2O3. The van der Waals surface area contributed by atoms with E-state index in [2.05, 4.69) is 10.6 Å². The maximum absolute atomic E-state index is 12.0. The van der Waals surface area contributed by atoms with Gasteiger partial charge >= 0.3 is 0 Å². The summed E-state index contributed by atoms with van der Waals surface area (Å²) in [6.07, 6.45) is 0.375. The van der Waals surface area contributed by atoms with E-state index in [0.29, 0.717) is 13.0 Å². The van der Waals surface area contributed by atoms with E-state index in [4.69, 9.17) is 9.47 Å². The summed E-state index contributed by atoms with van der Waals surface area (Å²) in [7, 11) is 1.64. The number of rotatable bonds is 5. The van der Waals surface area contributed by atoms with Crippen molar-refractivity contribution in [3.05, 3.63) is 29.8 Å². The Labute approximate surface area is 119 Å². The molecule has 110 valence electrons. The van der Waals surface area contributed by atoms with Crippen molar-refractivity contribution in [2.24, 2.45) is 0 Å². The molecule has 0 aliphatic carbocycles. The minimum atomic E-state index is -0.0232. The first-order valence-electron chi connectivity index (χ1n) is 6.94. The molecule has 1 heterocycles. The Balaban J connectivity index is 1.82. The zero-order chi connectivity index (χ0) is 14.4. The molecule has 1 aliphatic rings. The molecule has 0 radical (unpaired) electrons. The second-order valence-corrected chi connectivity index (χ2v) is 4.96. The van der Waals surface area contributed by atoms with Crippen LogP contribution in [0.1, 0.15) is 24.9 Å². The lowest BCUT2D eigenvalue weighted by Crippen LogP contribution is -2.41. The molecule has 1 amide bonds. The smallest absolute Gasteiger partial charge is 0.223 e. The minimum Gasteiger partial charge on any atom is -0.497 e. The van der Waals surface area contributed by atoms with E-state index in [1.54, 1.807) is 7.11 Å². The number of hydrogen-bond donors (Lipinski definition) is 2. The fraction of sp³-hybridized carbons (Fsp3) is 0.533. The largest absolute Gasteiger partial charge is 0.497 e. The highest BCUT2D eigenvalue weighted by molar-refractivity contribution is 5.77. The van der Waals surface area contributed by atoms with Crippen molar-refractivity contribution in [2.45, 2.75) is 25.5 Å². The molecule has 5 heteroatoms. The molecule has 20 heavy (non-hydrogen) atoms. The fourth-order valence-electron chi connectivity index (χ4n) is 2.23. The average Bonchev–Trinajstić information content (AvgIpc) is 2.48. The monoisotopic (exact) mass is 278 g/mol. The van der Waals surface area contributed by atoms with Crippen LogP contribution in [0.5, 0.6) is 5.75 Å². The third-order valence-electron chi connectivity index (χ3n) is 3.41. The molecule has 1 aliphatic heterocycles. The quantitative estimate of drug-likeness (QED) is 0.851. The van der Waals surface area contributed by atoms with Crippen LogP contribution in [-0.4, -0.2) is 38.8 Å². The first kappa shape index (κ1) is 14.8. The molecule has 1 saturated heterocycles. The lowest BCUT2D eigenvalue weighted by atomic mass is 10.1. The van der Waals surface area contributed by atoms with Gasteiger partial charge in [-0.15, -0.1) is 0 Å². The topological polar surface area (TPSA) is 59.6 Å². The SMILES string of the molecule is COc1ccc([C@@H](C)NC(=O)CC2CNCCO2)cc1. The Morgan fingerprint density at radius 1 is 1.50 bits per heavy atom. The number of amides is 1. The molecular weight excluding hydrogens is 256 g/mol. The number of morpholine rings is 1. The fourth-order valence-corrected chi connectivity index (χ4v) is 2.23. The van der Waals surface area contributed by atoms with Crippen molar-refractivity contribution < 1.29 is 14.3 Å². The van der Waals surface area contributed by atoms with Gasteiger partial charge in [0.2, 0.25) is 5.91 Å². The first-order chi connectivity index (χ1) is 9.69. The molecule has 0 spiro atoms. The van der Waals surface area contributed by atoms with Crippen LogP contribution in [0.15, 0.2) is 24.3 Å². The molecule has 5 nitrogen and oxygen atoms in total. The van der Waals surface area contributed by atoms with Crippen LogP contribution >= 0.6 is 0 Å². The Morgan fingerprint density at radius 3 is 2.85 bits per heavy atom. The van der Waals surface area contributed by atoms with Gasteiger partial charge in [-0.25, -0.2) is 0 Å². The average molecular weight is 278 g/mol. The van der Waals surface area contributed by atoms with Gasteiger partial charge in [0.15, 0.2) is 0 Å². The van der Waals surface area contributed by atoms with E-state index in [1.807, 2.05) is 31.2 Å². The van der Waals surface area contributed by atoms with Crippen molar-refractivity contribution in [1.29, 1.82) is 0 Å². The summed E-state index contributed by atoms with van der Waals surface area (Å²) in [4.78, 5) is 12.0. The Kier molecular flexibility index (Phi) is 5.38. The second kappa shape index (κ2) is 7.26. The molecule has 1 unspecified atom stereocenters. The standard InChI is InChI=1S/C15H22N2O3/c1-11(12-3-5-13(19-2)6-4-12)17-15(18)9-14-10-16-7-8-20-14/h3-6,11,14,16H,7-10H2,1-2H3,(H,17,18)/t11-,14?/m1/s1. The summed E-state index contributed by atoms with van der Waals surface area (Å²) in [6.45, 7) is 4.25. The van der Waals surface area contributed by atoms with Crippen LogP contribution in [-0.2, 0) is 9.53 Å². The molecule has 1 aromatic carbocycles. The van der Waals surface area contributed by atoms with Gasteiger partial charge < -0.3 is 20.1 Å². The van der Waals surface area contributed by atoms with Crippen molar-refractivity contribution in [2.75, 3.05) is 26.8 Å². The van der Waals surface area contributed by atoms with Crippen molar-refractivity contribution >= 4 is 5.91 Å². The van der Waals surface area contributed by atoms with E-state index in [1.165, 1.54) is 0 Å². The van der Waals surface area contributed by atoms with E-state index in [-0.39, 0.29) is 18.1 Å². The highest BCUT2D eigenvalue weighted by Crippen LogP contribution is 2.17. The van der Waals surface area contributed by atoms with E-state index in [9.17, 15) is 4.79 Å². The highest BCUT2D eigenvalue weighted by atomic mass is 16.5. The molecule has 0 saturated carbocycles. The summed E-state index contributed by atoms with van der Waals surface area (Å²) in [5, 5.41) is 6.21. The lowest BCUT2D eigenvalue weighted by molar-refractivity contribution is -0.125. The molecule has 1 fully saturated rings. The zero-order valence-corrected chi connectivity index (χ0v) is 12.0. The Bertz CT molecular complexity index is 427. The number of ether oxygens (including phenoxy) is 2. The number of methoxy groups -OCH3 is 1. The van der Waals surface area contributed by atoms with Crippen molar-refractivity contribution in [3.8, 4) is 5.75 Å². The normalized spacial score (nSPS) is 20.2. The van der Waals surface area contributed by atoms with Crippen molar-refractivity contribution in [1.82, 2.24) is 10.6 Å². The lowest BCUT2D eigenvalue weighted by Gasteiger charge is -2.24. The zero-order valence-electron chi connectivity index (χ0n) is 12.0. The Morgan fingerprint density at radius 2 is 2.25 bits per heavy atom. The van der Waals surface area contributed by atoms with Crippen LogP contribution < -0.4 is 15.4 Å². The van der Waals surface area contributed by atoms with Crippen LogP contribution in [0.3, 0.4) is 0 Å². The van der Waals surface area contributed by atoms with Gasteiger partial charge in [-0.3, -0.25) is 4.79 Å². The van der Waals surface area contributed by atoms with Gasteiger partial charge in [-0.1, -0.05) is 12.1 Å². The van der Waals surface area contributed by atoms with Gasteiger partial charge in [-0.2, -0.15) is 0 Å². The minimum absolute atomic E-state index is 0.0158. The summed E-state index contributed by atoms with van der Waals surface area (Å²) in [6, 6.07) is 7.69. The van der Waals surface area contributed by atoms with Crippen LogP contribution in [0.2, 0.25) is 0 Å². The summed E-state index contributed by atoms with van der Waals surface area (Å²) >= 11 is 0.